The SMILES string of the molecule is CSc1ncnn1CC1(c2cccc(F)c2)OC1c1ccccc1Cl. The van der Waals surface area contributed by atoms with E-state index in [0.717, 1.165) is 16.3 Å². The van der Waals surface area contributed by atoms with Crippen molar-refractivity contribution in [2.75, 3.05) is 6.26 Å². The third-order valence-electron chi connectivity index (χ3n) is 4.34. The lowest BCUT2D eigenvalue weighted by Crippen LogP contribution is -2.20. The fraction of sp³-hybridized carbons (Fsp3) is 0.222. The standard InChI is InChI=1S/C18H15ClFN3OS/c1-25-17-21-11-22-23(17)10-18(12-5-4-6-13(20)9-12)16(24-18)14-7-2-3-8-15(14)19/h2-9,11,16H,10H2,1H3. The van der Waals surface area contributed by atoms with Gasteiger partial charge in [0.2, 0.25) is 0 Å². The van der Waals surface area contributed by atoms with Gasteiger partial charge in [0.25, 0.3) is 0 Å². The number of rotatable bonds is 5. The third-order valence-corrected chi connectivity index (χ3v) is 5.37. The fourth-order valence-corrected chi connectivity index (χ4v) is 3.81. The molecule has 3 aromatic rings. The van der Waals surface area contributed by atoms with Crippen molar-refractivity contribution in [2.45, 2.75) is 23.4 Å². The van der Waals surface area contributed by atoms with E-state index >= 15 is 0 Å². The van der Waals surface area contributed by atoms with E-state index in [0.29, 0.717) is 11.6 Å². The number of hydrogen-bond acceptors (Lipinski definition) is 4. The molecular weight excluding hydrogens is 361 g/mol. The van der Waals surface area contributed by atoms with Crippen molar-refractivity contribution in [3.63, 3.8) is 0 Å². The van der Waals surface area contributed by atoms with Crippen LogP contribution < -0.4 is 0 Å². The van der Waals surface area contributed by atoms with Crippen LogP contribution in [0.15, 0.2) is 60.0 Å². The highest BCUT2D eigenvalue weighted by Crippen LogP contribution is 2.59. The van der Waals surface area contributed by atoms with Crippen LogP contribution in [0.4, 0.5) is 4.39 Å². The number of hydrogen-bond donors (Lipinski definition) is 0. The molecule has 0 saturated carbocycles. The number of ether oxygens (including phenoxy) is 1. The topological polar surface area (TPSA) is 43.2 Å². The number of benzene rings is 2. The van der Waals surface area contributed by atoms with Crippen LogP contribution in [0.1, 0.15) is 17.2 Å². The third kappa shape index (κ3) is 2.94. The summed E-state index contributed by atoms with van der Waals surface area (Å²) in [5, 5.41) is 5.70. The summed E-state index contributed by atoms with van der Waals surface area (Å²) in [6.07, 6.45) is 3.19. The molecular formula is C18H15ClFN3OS. The van der Waals surface area contributed by atoms with Gasteiger partial charge in [-0.05, 0) is 30.0 Å². The van der Waals surface area contributed by atoms with Gasteiger partial charge in [-0.1, -0.05) is 53.7 Å². The zero-order valence-corrected chi connectivity index (χ0v) is 15.0. The van der Waals surface area contributed by atoms with Gasteiger partial charge in [-0.15, -0.1) is 0 Å². The van der Waals surface area contributed by atoms with Crippen molar-refractivity contribution in [1.82, 2.24) is 14.8 Å². The number of halogens is 2. The zero-order valence-electron chi connectivity index (χ0n) is 13.4. The fourth-order valence-electron chi connectivity index (χ4n) is 3.10. The molecule has 2 heterocycles. The van der Waals surface area contributed by atoms with Crippen LogP contribution >= 0.6 is 23.4 Å². The van der Waals surface area contributed by atoms with E-state index in [4.69, 9.17) is 16.3 Å². The summed E-state index contributed by atoms with van der Waals surface area (Å²) >= 11 is 7.86. The highest BCUT2D eigenvalue weighted by Gasteiger charge is 2.59. The lowest BCUT2D eigenvalue weighted by atomic mass is 9.91. The molecule has 0 aliphatic carbocycles. The van der Waals surface area contributed by atoms with Crippen molar-refractivity contribution in [3.8, 4) is 0 Å². The molecule has 0 N–H and O–H groups in total. The van der Waals surface area contributed by atoms with Gasteiger partial charge in [-0.3, -0.25) is 0 Å². The Labute approximate surface area is 154 Å². The molecule has 7 heteroatoms. The second kappa shape index (κ2) is 6.44. The molecule has 2 unspecified atom stereocenters. The summed E-state index contributed by atoms with van der Waals surface area (Å²) in [6, 6.07) is 14.1. The molecule has 0 spiro atoms. The Morgan fingerprint density at radius 1 is 1.28 bits per heavy atom. The molecule has 25 heavy (non-hydrogen) atoms. The maximum atomic E-state index is 13.8. The summed E-state index contributed by atoms with van der Waals surface area (Å²) in [5.74, 6) is -0.297. The summed E-state index contributed by atoms with van der Waals surface area (Å²) in [4.78, 5) is 4.23. The molecule has 1 saturated heterocycles. The minimum absolute atomic E-state index is 0.262. The van der Waals surface area contributed by atoms with Crippen molar-refractivity contribution >= 4 is 23.4 Å². The molecule has 1 aromatic heterocycles. The van der Waals surface area contributed by atoms with E-state index in [1.54, 1.807) is 10.7 Å². The van der Waals surface area contributed by atoms with Gasteiger partial charge in [0, 0.05) is 10.6 Å². The van der Waals surface area contributed by atoms with Gasteiger partial charge in [-0.2, -0.15) is 5.10 Å². The molecule has 128 valence electrons. The molecule has 1 aliphatic heterocycles. The predicted molar refractivity (Wildman–Crippen MR) is 95.2 cm³/mol. The van der Waals surface area contributed by atoms with Crippen molar-refractivity contribution < 1.29 is 9.13 Å². The summed E-state index contributed by atoms with van der Waals surface area (Å²) in [7, 11) is 0. The van der Waals surface area contributed by atoms with E-state index in [2.05, 4.69) is 10.1 Å². The first-order chi connectivity index (χ1) is 12.1. The van der Waals surface area contributed by atoms with Gasteiger partial charge in [0.1, 0.15) is 23.8 Å². The first kappa shape index (κ1) is 16.6. The molecule has 2 atom stereocenters. The largest absolute Gasteiger partial charge is 0.354 e. The zero-order chi connectivity index (χ0) is 17.4. The van der Waals surface area contributed by atoms with Crippen LogP contribution in [-0.2, 0) is 16.9 Å². The molecule has 0 bridgehead atoms. The van der Waals surface area contributed by atoms with Gasteiger partial charge in [-0.25, -0.2) is 14.1 Å². The Morgan fingerprint density at radius 2 is 2.12 bits per heavy atom. The number of aromatic nitrogens is 3. The van der Waals surface area contributed by atoms with Crippen LogP contribution in [0.5, 0.6) is 0 Å². The Hall–Kier alpha value is -1.89. The minimum atomic E-state index is -0.717. The maximum Gasteiger partial charge on any atom is 0.185 e. The average Bonchev–Trinajstić information content (AvgIpc) is 3.16. The smallest absolute Gasteiger partial charge is 0.185 e. The van der Waals surface area contributed by atoms with Crippen molar-refractivity contribution in [1.29, 1.82) is 0 Å². The Bertz CT molecular complexity index is 919. The predicted octanol–water partition coefficient (Wildman–Crippen LogP) is 4.46. The first-order valence-corrected chi connectivity index (χ1v) is 9.34. The van der Waals surface area contributed by atoms with Crippen LogP contribution in [0.3, 0.4) is 0 Å². The summed E-state index contributed by atoms with van der Waals surface area (Å²) < 4.78 is 21.8. The number of epoxide rings is 1. The quantitative estimate of drug-likeness (QED) is 0.488. The van der Waals surface area contributed by atoms with Gasteiger partial charge >= 0.3 is 0 Å². The normalized spacial score (nSPS) is 22.1. The van der Waals surface area contributed by atoms with Crippen molar-refractivity contribution in [3.05, 3.63) is 76.8 Å². The van der Waals surface area contributed by atoms with E-state index in [-0.39, 0.29) is 11.9 Å². The van der Waals surface area contributed by atoms with E-state index in [1.165, 1.54) is 30.2 Å². The Kier molecular flexibility index (Phi) is 4.27. The average molecular weight is 376 g/mol. The van der Waals surface area contributed by atoms with Gasteiger partial charge in [0.15, 0.2) is 5.16 Å². The van der Waals surface area contributed by atoms with Crippen LogP contribution in [0.2, 0.25) is 5.02 Å². The summed E-state index contributed by atoms with van der Waals surface area (Å²) in [5.41, 5.74) is 0.935. The molecule has 1 fully saturated rings. The molecule has 0 radical (unpaired) electrons. The monoisotopic (exact) mass is 375 g/mol. The Balaban J connectivity index is 1.77. The lowest BCUT2D eigenvalue weighted by Gasteiger charge is -2.15. The van der Waals surface area contributed by atoms with E-state index < -0.39 is 5.60 Å². The van der Waals surface area contributed by atoms with E-state index in [9.17, 15) is 4.39 Å². The number of nitrogens with zero attached hydrogens (tertiary/aromatic N) is 3. The van der Waals surface area contributed by atoms with Crippen LogP contribution in [-0.4, -0.2) is 21.0 Å². The summed E-state index contributed by atoms with van der Waals surface area (Å²) in [6.45, 7) is 0.433. The molecule has 0 amide bonds. The second-order valence-electron chi connectivity index (χ2n) is 5.82. The minimum Gasteiger partial charge on any atom is -0.354 e. The van der Waals surface area contributed by atoms with Crippen molar-refractivity contribution in [2.24, 2.45) is 0 Å². The van der Waals surface area contributed by atoms with Crippen LogP contribution in [0, 0.1) is 5.82 Å². The second-order valence-corrected chi connectivity index (χ2v) is 7.00. The van der Waals surface area contributed by atoms with Gasteiger partial charge < -0.3 is 4.74 Å². The maximum absolute atomic E-state index is 13.8. The molecule has 2 aromatic carbocycles. The Morgan fingerprint density at radius 3 is 2.88 bits per heavy atom. The van der Waals surface area contributed by atoms with Gasteiger partial charge in [0.05, 0.1) is 6.54 Å². The van der Waals surface area contributed by atoms with Crippen LogP contribution in [0.25, 0.3) is 0 Å². The highest BCUT2D eigenvalue weighted by atomic mass is 35.5. The molecule has 4 rings (SSSR count). The lowest BCUT2D eigenvalue weighted by molar-refractivity contribution is 0.256. The molecule has 1 aliphatic rings. The number of thioether (sulfide) groups is 1. The van der Waals surface area contributed by atoms with E-state index in [1.807, 2.05) is 36.6 Å². The highest BCUT2D eigenvalue weighted by molar-refractivity contribution is 7.98. The first-order valence-electron chi connectivity index (χ1n) is 7.74. The molecule has 4 nitrogen and oxygen atoms in total.